The Balaban J connectivity index is 0.000000120. The number of hydrogen-bond acceptors (Lipinski definition) is 3. The van der Waals surface area contributed by atoms with E-state index in [9.17, 15) is 0 Å². The minimum atomic E-state index is 0.889. The van der Waals surface area contributed by atoms with Gasteiger partial charge >= 0.3 is 0 Å². The molecule has 1 aliphatic heterocycles. The zero-order chi connectivity index (χ0) is 8.65. The van der Waals surface area contributed by atoms with Crippen LogP contribution in [0.15, 0.2) is 23.0 Å². The number of ether oxygens (including phenoxy) is 1. The average molecular weight is 169 g/mol. The third kappa shape index (κ3) is 4.16. The molecule has 0 unspecified atom stereocenters. The van der Waals surface area contributed by atoms with Crippen molar-refractivity contribution in [1.29, 1.82) is 0 Å². The van der Waals surface area contributed by atoms with Crippen LogP contribution in [0.4, 0.5) is 0 Å². The van der Waals surface area contributed by atoms with Crippen LogP contribution < -0.4 is 5.32 Å². The van der Waals surface area contributed by atoms with E-state index in [0.717, 1.165) is 26.3 Å². The van der Waals surface area contributed by atoms with Crippen molar-refractivity contribution in [2.45, 2.75) is 6.92 Å². The van der Waals surface area contributed by atoms with Gasteiger partial charge in [0.2, 0.25) is 0 Å². The highest BCUT2D eigenvalue weighted by Crippen LogP contribution is 1.93. The van der Waals surface area contributed by atoms with Crippen molar-refractivity contribution in [3.8, 4) is 0 Å². The Labute approximate surface area is 72.7 Å². The number of hydrogen-bond donors (Lipinski definition) is 1. The fourth-order valence-electron chi connectivity index (χ4n) is 0.848. The molecule has 0 bridgehead atoms. The predicted octanol–water partition coefficient (Wildman–Crippen LogP) is 1.19. The summed E-state index contributed by atoms with van der Waals surface area (Å²) < 4.78 is 9.72. The van der Waals surface area contributed by atoms with E-state index in [1.807, 2.05) is 13.0 Å². The predicted molar refractivity (Wildman–Crippen MR) is 47.1 cm³/mol. The lowest BCUT2D eigenvalue weighted by Gasteiger charge is -2.10. The smallest absolute Gasteiger partial charge is 0.0931 e. The zero-order valence-electron chi connectivity index (χ0n) is 7.38. The quantitative estimate of drug-likeness (QED) is 0.633. The Kier molecular flexibility index (Phi) is 4.49. The van der Waals surface area contributed by atoms with Crippen LogP contribution in [0, 0.1) is 6.92 Å². The highest BCUT2D eigenvalue weighted by atomic mass is 16.5. The van der Waals surface area contributed by atoms with Crippen molar-refractivity contribution in [3.05, 3.63) is 24.2 Å². The summed E-state index contributed by atoms with van der Waals surface area (Å²) in [5.74, 6) is 0. The van der Waals surface area contributed by atoms with Crippen LogP contribution in [-0.2, 0) is 4.74 Å². The Bertz CT molecular complexity index is 169. The fourth-order valence-corrected chi connectivity index (χ4v) is 0.848. The van der Waals surface area contributed by atoms with Crippen LogP contribution in [-0.4, -0.2) is 26.3 Å². The van der Waals surface area contributed by atoms with Crippen molar-refractivity contribution in [2.24, 2.45) is 0 Å². The second-order valence-electron chi connectivity index (χ2n) is 2.66. The molecule has 0 aromatic carbocycles. The third-order valence-corrected chi connectivity index (χ3v) is 1.51. The number of furan rings is 1. The summed E-state index contributed by atoms with van der Waals surface area (Å²) in [5.41, 5.74) is 1.18. The number of morpholine rings is 1. The van der Waals surface area contributed by atoms with Gasteiger partial charge in [-0.15, -0.1) is 0 Å². The van der Waals surface area contributed by atoms with Crippen LogP contribution in [0.1, 0.15) is 5.56 Å². The molecule has 1 fully saturated rings. The van der Waals surface area contributed by atoms with Gasteiger partial charge < -0.3 is 14.5 Å². The lowest BCUT2D eigenvalue weighted by Crippen LogP contribution is -2.30. The van der Waals surface area contributed by atoms with E-state index in [1.165, 1.54) is 5.56 Å². The molecule has 1 N–H and O–H groups in total. The van der Waals surface area contributed by atoms with Crippen LogP contribution in [0.2, 0.25) is 0 Å². The maximum absolute atomic E-state index is 5.01. The monoisotopic (exact) mass is 169 g/mol. The van der Waals surface area contributed by atoms with E-state index in [0.29, 0.717) is 0 Å². The van der Waals surface area contributed by atoms with E-state index < -0.39 is 0 Å². The van der Waals surface area contributed by atoms with Crippen LogP contribution >= 0.6 is 0 Å². The molecule has 0 radical (unpaired) electrons. The van der Waals surface area contributed by atoms with E-state index in [4.69, 9.17) is 9.15 Å². The number of aryl methyl sites for hydroxylation is 1. The summed E-state index contributed by atoms with van der Waals surface area (Å²) in [6, 6.07) is 1.92. The van der Waals surface area contributed by atoms with Crippen molar-refractivity contribution in [2.75, 3.05) is 26.3 Å². The molecule has 1 aromatic rings. The first-order valence-electron chi connectivity index (χ1n) is 4.17. The van der Waals surface area contributed by atoms with E-state index >= 15 is 0 Å². The summed E-state index contributed by atoms with van der Waals surface area (Å²) >= 11 is 0. The molecule has 2 heterocycles. The molecule has 1 aliphatic rings. The largest absolute Gasteiger partial charge is 0.472 e. The van der Waals surface area contributed by atoms with Crippen LogP contribution in [0.5, 0.6) is 0 Å². The first-order chi connectivity index (χ1) is 5.89. The van der Waals surface area contributed by atoms with Gasteiger partial charge in [-0.3, -0.25) is 0 Å². The Morgan fingerprint density at radius 3 is 2.25 bits per heavy atom. The maximum Gasteiger partial charge on any atom is 0.0931 e. The van der Waals surface area contributed by atoms with Gasteiger partial charge in [0, 0.05) is 13.1 Å². The number of nitrogens with one attached hydrogen (secondary N) is 1. The van der Waals surface area contributed by atoms with Gasteiger partial charge in [-0.05, 0) is 18.6 Å². The lowest BCUT2D eigenvalue weighted by molar-refractivity contribution is 0.109. The van der Waals surface area contributed by atoms with E-state index in [2.05, 4.69) is 5.32 Å². The summed E-state index contributed by atoms with van der Waals surface area (Å²) in [6.45, 7) is 5.82. The molecule has 1 aromatic heterocycles. The Hall–Kier alpha value is -0.800. The summed E-state index contributed by atoms with van der Waals surface area (Å²) in [6.07, 6.45) is 3.37. The van der Waals surface area contributed by atoms with Gasteiger partial charge in [-0.2, -0.15) is 0 Å². The molecule has 2 rings (SSSR count). The van der Waals surface area contributed by atoms with Gasteiger partial charge in [-0.25, -0.2) is 0 Å². The topological polar surface area (TPSA) is 34.4 Å². The van der Waals surface area contributed by atoms with Crippen molar-refractivity contribution in [3.63, 3.8) is 0 Å². The molecule has 0 amide bonds. The average Bonchev–Trinajstić information content (AvgIpc) is 2.60. The summed E-state index contributed by atoms with van der Waals surface area (Å²) in [7, 11) is 0. The molecule has 0 saturated carbocycles. The number of rotatable bonds is 0. The van der Waals surface area contributed by atoms with Gasteiger partial charge in [0.25, 0.3) is 0 Å². The van der Waals surface area contributed by atoms with Gasteiger partial charge in [0.15, 0.2) is 0 Å². The minimum absolute atomic E-state index is 0.889. The van der Waals surface area contributed by atoms with Crippen LogP contribution in [0.3, 0.4) is 0 Å². The normalized spacial score (nSPS) is 16.4. The summed E-state index contributed by atoms with van der Waals surface area (Å²) in [5, 5.41) is 3.16. The Morgan fingerprint density at radius 2 is 2.08 bits per heavy atom. The molecule has 1 saturated heterocycles. The second-order valence-corrected chi connectivity index (χ2v) is 2.66. The SMILES string of the molecule is C1COCCN1.Cc1ccoc1. The molecule has 0 spiro atoms. The molecule has 3 heteroatoms. The van der Waals surface area contributed by atoms with E-state index in [1.54, 1.807) is 12.5 Å². The van der Waals surface area contributed by atoms with Gasteiger partial charge in [0.1, 0.15) is 0 Å². The molecule has 12 heavy (non-hydrogen) atoms. The third-order valence-electron chi connectivity index (χ3n) is 1.51. The van der Waals surface area contributed by atoms with E-state index in [-0.39, 0.29) is 0 Å². The minimum Gasteiger partial charge on any atom is -0.472 e. The first kappa shape index (κ1) is 9.29. The standard InChI is InChI=1S/C5H6O.C4H9NO/c1-5-2-3-6-4-5;1-3-6-4-2-5-1/h2-4H,1H3;5H,1-4H2. The second kappa shape index (κ2) is 5.80. The molecule has 0 aliphatic carbocycles. The molecule has 3 nitrogen and oxygen atoms in total. The van der Waals surface area contributed by atoms with Crippen molar-refractivity contribution in [1.82, 2.24) is 5.32 Å². The highest BCUT2D eigenvalue weighted by Gasteiger charge is 1.92. The fraction of sp³-hybridized carbons (Fsp3) is 0.556. The van der Waals surface area contributed by atoms with Crippen molar-refractivity contribution >= 4 is 0 Å². The molecule has 0 atom stereocenters. The van der Waals surface area contributed by atoms with Gasteiger partial charge in [-0.1, -0.05) is 0 Å². The maximum atomic E-state index is 5.01. The summed E-state index contributed by atoms with van der Waals surface area (Å²) in [4.78, 5) is 0. The molecule has 68 valence electrons. The lowest BCUT2D eigenvalue weighted by atomic mass is 10.4. The Morgan fingerprint density at radius 1 is 1.33 bits per heavy atom. The first-order valence-corrected chi connectivity index (χ1v) is 4.17. The molecular formula is C9H15NO2. The zero-order valence-corrected chi connectivity index (χ0v) is 7.38. The highest BCUT2D eigenvalue weighted by molar-refractivity contribution is 5.00. The van der Waals surface area contributed by atoms with Gasteiger partial charge in [0.05, 0.1) is 25.7 Å². The van der Waals surface area contributed by atoms with Crippen LogP contribution in [0.25, 0.3) is 0 Å². The van der Waals surface area contributed by atoms with Crippen molar-refractivity contribution < 1.29 is 9.15 Å². The molecular weight excluding hydrogens is 154 g/mol.